The Balaban J connectivity index is 1.99. The first kappa shape index (κ1) is 14.6. The van der Waals surface area contributed by atoms with Crippen molar-refractivity contribution in [3.63, 3.8) is 0 Å². The van der Waals surface area contributed by atoms with E-state index in [1.807, 2.05) is 12.1 Å². The minimum atomic E-state index is -0.248. The van der Waals surface area contributed by atoms with E-state index < -0.39 is 0 Å². The van der Waals surface area contributed by atoms with Gasteiger partial charge in [-0.2, -0.15) is 0 Å². The van der Waals surface area contributed by atoms with Gasteiger partial charge in [0.1, 0.15) is 5.75 Å². The molecule has 1 saturated carbocycles. The molecule has 0 amide bonds. The molecule has 2 aliphatic rings. The van der Waals surface area contributed by atoms with E-state index in [1.54, 1.807) is 0 Å². The van der Waals surface area contributed by atoms with Gasteiger partial charge in [-0.3, -0.25) is 9.69 Å². The Morgan fingerprint density at radius 1 is 1.48 bits per heavy atom. The highest BCUT2D eigenvalue weighted by Crippen LogP contribution is 2.52. The normalized spacial score (nSPS) is 32.1. The van der Waals surface area contributed by atoms with Gasteiger partial charge in [0.15, 0.2) is 0 Å². The molecule has 3 heteroatoms. The lowest BCUT2D eigenvalue weighted by molar-refractivity contribution is -0.131. The molecule has 1 aliphatic carbocycles. The quantitative estimate of drug-likeness (QED) is 0.629. The van der Waals surface area contributed by atoms with Crippen LogP contribution in [0.15, 0.2) is 24.3 Å². The smallest absolute Gasteiger partial charge is 0.308 e. The third kappa shape index (κ3) is 2.38. The predicted molar refractivity (Wildman–Crippen MR) is 83.5 cm³/mol. The maximum absolute atomic E-state index is 11.2. The first-order chi connectivity index (χ1) is 10.1. The summed E-state index contributed by atoms with van der Waals surface area (Å²) in [5.41, 5.74) is 1.59. The molecule has 3 rings (SSSR count). The average molecular weight is 287 g/mol. The molecule has 1 aliphatic heterocycles. The number of carbonyl (C=O) groups excluding carboxylic acids is 1. The van der Waals surface area contributed by atoms with E-state index in [1.165, 1.54) is 44.6 Å². The van der Waals surface area contributed by atoms with Crippen LogP contribution in [0.4, 0.5) is 0 Å². The van der Waals surface area contributed by atoms with Gasteiger partial charge in [-0.25, -0.2) is 0 Å². The van der Waals surface area contributed by atoms with Crippen molar-refractivity contribution >= 4 is 5.97 Å². The third-order valence-electron chi connectivity index (χ3n) is 5.52. The maximum Gasteiger partial charge on any atom is 0.308 e. The molecule has 0 N–H and O–H groups in total. The molecule has 0 radical (unpaired) electrons. The lowest BCUT2D eigenvalue weighted by atomic mass is 9.66. The Morgan fingerprint density at radius 2 is 2.29 bits per heavy atom. The number of esters is 1. The van der Waals surface area contributed by atoms with E-state index in [2.05, 4.69) is 31.0 Å². The van der Waals surface area contributed by atoms with Crippen LogP contribution in [0.3, 0.4) is 0 Å². The minimum Gasteiger partial charge on any atom is -0.427 e. The van der Waals surface area contributed by atoms with Gasteiger partial charge in [0.25, 0.3) is 0 Å². The Bertz CT molecular complexity index is 542. The zero-order valence-corrected chi connectivity index (χ0v) is 13.3. The second-order valence-electron chi connectivity index (χ2n) is 6.62. The molecule has 1 aromatic rings. The molecule has 1 heterocycles. The first-order valence-corrected chi connectivity index (χ1v) is 8.07. The van der Waals surface area contributed by atoms with Crippen molar-refractivity contribution in [2.75, 3.05) is 7.05 Å². The number of benzene rings is 1. The molecular formula is C18H25NO2. The average Bonchev–Trinajstić information content (AvgIpc) is 2.66. The van der Waals surface area contributed by atoms with E-state index in [0.29, 0.717) is 17.8 Å². The summed E-state index contributed by atoms with van der Waals surface area (Å²) in [4.78, 5) is 13.8. The zero-order valence-electron chi connectivity index (χ0n) is 13.3. The van der Waals surface area contributed by atoms with Crippen LogP contribution in [0.25, 0.3) is 0 Å². The number of likely N-dealkylation sites (tertiary alicyclic amines) is 1. The highest BCUT2D eigenvalue weighted by atomic mass is 16.5. The Kier molecular flexibility index (Phi) is 3.78. The van der Waals surface area contributed by atoms with Gasteiger partial charge in [0.05, 0.1) is 0 Å². The number of ether oxygens (including phenoxy) is 1. The number of hydrogen-bond donors (Lipinski definition) is 0. The molecule has 0 spiro atoms. The summed E-state index contributed by atoms with van der Waals surface area (Å²) >= 11 is 0. The molecule has 3 unspecified atom stereocenters. The van der Waals surface area contributed by atoms with Gasteiger partial charge >= 0.3 is 5.97 Å². The van der Waals surface area contributed by atoms with Crippen LogP contribution in [-0.4, -0.2) is 30.0 Å². The highest BCUT2D eigenvalue weighted by molar-refractivity contribution is 5.69. The number of carbonyl (C=O) groups is 1. The second kappa shape index (κ2) is 5.45. The molecule has 2 bridgehead atoms. The fraction of sp³-hybridized carbons (Fsp3) is 0.611. The van der Waals surface area contributed by atoms with Crippen molar-refractivity contribution in [3.05, 3.63) is 29.8 Å². The zero-order chi connectivity index (χ0) is 15.0. The number of nitrogens with zero attached hydrogens (tertiary/aromatic N) is 1. The predicted octanol–water partition coefficient (Wildman–Crippen LogP) is 3.52. The lowest BCUT2D eigenvalue weighted by Gasteiger charge is -2.38. The van der Waals surface area contributed by atoms with Crippen LogP contribution in [0.2, 0.25) is 0 Å². The van der Waals surface area contributed by atoms with Gasteiger partial charge in [-0.15, -0.1) is 0 Å². The fourth-order valence-electron chi connectivity index (χ4n) is 4.74. The summed E-state index contributed by atoms with van der Waals surface area (Å²) < 4.78 is 5.29. The molecular weight excluding hydrogens is 262 g/mol. The van der Waals surface area contributed by atoms with E-state index in [9.17, 15) is 4.79 Å². The molecule has 2 fully saturated rings. The van der Waals surface area contributed by atoms with Crippen LogP contribution in [-0.2, 0) is 10.2 Å². The third-order valence-corrected chi connectivity index (χ3v) is 5.52. The van der Waals surface area contributed by atoms with Crippen molar-refractivity contribution in [2.45, 2.75) is 63.5 Å². The summed E-state index contributed by atoms with van der Waals surface area (Å²) in [6, 6.07) is 9.51. The van der Waals surface area contributed by atoms with Crippen molar-refractivity contribution in [3.8, 4) is 5.75 Å². The summed E-state index contributed by atoms with van der Waals surface area (Å²) in [6.07, 6.45) is 6.27. The molecule has 0 aromatic heterocycles. The van der Waals surface area contributed by atoms with Crippen LogP contribution in [0.1, 0.15) is 51.5 Å². The van der Waals surface area contributed by atoms with Crippen LogP contribution < -0.4 is 4.74 Å². The molecule has 1 aromatic carbocycles. The van der Waals surface area contributed by atoms with Crippen LogP contribution >= 0.6 is 0 Å². The monoisotopic (exact) mass is 287 g/mol. The fourth-order valence-corrected chi connectivity index (χ4v) is 4.74. The van der Waals surface area contributed by atoms with Gasteiger partial charge in [-0.05, 0) is 50.4 Å². The topological polar surface area (TPSA) is 29.5 Å². The van der Waals surface area contributed by atoms with Gasteiger partial charge < -0.3 is 4.74 Å². The Hall–Kier alpha value is -1.35. The number of hydrogen-bond acceptors (Lipinski definition) is 3. The lowest BCUT2D eigenvalue weighted by Crippen LogP contribution is -2.40. The molecule has 1 saturated heterocycles. The van der Waals surface area contributed by atoms with Gasteiger partial charge in [0.2, 0.25) is 0 Å². The van der Waals surface area contributed by atoms with Gasteiger partial charge in [0, 0.05) is 24.4 Å². The summed E-state index contributed by atoms with van der Waals surface area (Å²) in [7, 11) is 2.28. The van der Waals surface area contributed by atoms with E-state index in [-0.39, 0.29) is 11.4 Å². The van der Waals surface area contributed by atoms with Crippen molar-refractivity contribution in [1.82, 2.24) is 4.90 Å². The number of likely N-dealkylation sites (N-methyl/N-ethyl adjacent to an activating group) is 1. The van der Waals surface area contributed by atoms with E-state index in [0.717, 1.165) is 0 Å². The molecule has 21 heavy (non-hydrogen) atoms. The van der Waals surface area contributed by atoms with Crippen LogP contribution in [0, 0.1) is 0 Å². The standard InChI is InChI=1S/C18H25NO2/c1-4-17-18(10-6-8-15(12-18)19(17)3)14-7-5-9-16(11-14)21-13(2)20/h5,7,9,11,15,17H,4,6,8,10,12H2,1-3H3. The van der Waals surface area contributed by atoms with Crippen molar-refractivity contribution in [2.24, 2.45) is 0 Å². The molecule has 114 valence electrons. The molecule has 3 nitrogen and oxygen atoms in total. The largest absolute Gasteiger partial charge is 0.427 e. The highest BCUT2D eigenvalue weighted by Gasteiger charge is 2.52. The van der Waals surface area contributed by atoms with E-state index in [4.69, 9.17) is 4.74 Å². The van der Waals surface area contributed by atoms with Crippen molar-refractivity contribution < 1.29 is 9.53 Å². The summed E-state index contributed by atoms with van der Waals surface area (Å²) in [5, 5.41) is 0. The number of fused-ring (bicyclic) bond motifs is 2. The van der Waals surface area contributed by atoms with Crippen molar-refractivity contribution in [1.29, 1.82) is 0 Å². The van der Waals surface area contributed by atoms with Gasteiger partial charge in [-0.1, -0.05) is 25.5 Å². The summed E-state index contributed by atoms with van der Waals surface area (Å²) in [5.74, 6) is 0.433. The van der Waals surface area contributed by atoms with Crippen LogP contribution in [0.5, 0.6) is 5.75 Å². The minimum absolute atomic E-state index is 0.239. The summed E-state index contributed by atoms with van der Waals surface area (Å²) in [6.45, 7) is 3.75. The maximum atomic E-state index is 11.2. The van der Waals surface area contributed by atoms with E-state index >= 15 is 0 Å². The molecule has 3 atom stereocenters. The second-order valence-corrected chi connectivity index (χ2v) is 6.62. The SMILES string of the molecule is CCC1N(C)C2CCCC1(c1cccc(OC(C)=O)c1)C2. The Labute approximate surface area is 127 Å². The first-order valence-electron chi connectivity index (χ1n) is 8.07. The number of rotatable bonds is 3. The Morgan fingerprint density at radius 3 is 3.00 bits per heavy atom.